The summed E-state index contributed by atoms with van der Waals surface area (Å²) in [6.45, 7) is 0. The van der Waals surface area contributed by atoms with Gasteiger partial charge in [-0.2, -0.15) is 0 Å². The van der Waals surface area contributed by atoms with Crippen molar-refractivity contribution in [2.24, 2.45) is 0 Å². The van der Waals surface area contributed by atoms with E-state index in [0.29, 0.717) is 34.2 Å². The molecule has 0 amide bonds. The van der Waals surface area contributed by atoms with Gasteiger partial charge in [-0.3, -0.25) is 4.79 Å². The molecule has 0 saturated carbocycles. The quantitative estimate of drug-likeness (QED) is 0.368. The van der Waals surface area contributed by atoms with Crippen LogP contribution in [0, 0.1) is 0 Å². The first-order chi connectivity index (χ1) is 16.1. The highest BCUT2D eigenvalue weighted by Gasteiger charge is 2.39. The predicted octanol–water partition coefficient (Wildman–Crippen LogP) is 4.99. The number of carbonyl (C=O) groups is 2. The number of aromatic nitrogens is 3. The van der Waals surface area contributed by atoms with Crippen LogP contribution in [-0.2, 0) is 9.53 Å². The molecule has 1 aliphatic carbocycles. The number of esters is 1. The van der Waals surface area contributed by atoms with Crippen LogP contribution >= 0.6 is 11.8 Å². The number of fused-ring (bicyclic) bond motifs is 2. The smallest absolute Gasteiger partial charge is 0.356 e. The lowest BCUT2D eigenvalue weighted by molar-refractivity contribution is -0.116. The Morgan fingerprint density at radius 3 is 2.94 bits per heavy atom. The first-order valence-corrected chi connectivity index (χ1v) is 11.5. The fourth-order valence-electron chi connectivity index (χ4n) is 4.61. The lowest BCUT2D eigenvalue weighted by atomic mass is 9.78. The van der Waals surface area contributed by atoms with Crippen LogP contribution in [0.25, 0.3) is 11.0 Å². The van der Waals surface area contributed by atoms with Gasteiger partial charge in [-0.25, -0.2) is 9.78 Å². The van der Waals surface area contributed by atoms with Crippen molar-refractivity contribution in [3.05, 3.63) is 70.9 Å². The van der Waals surface area contributed by atoms with E-state index in [0.717, 1.165) is 40.3 Å². The number of anilines is 1. The third-order valence-corrected chi connectivity index (χ3v) is 6.89. The van der Waals surface area contributed by atoms with E-state index in [2.05, 4.69) is 20.3 Å². The maximum absolute atomic E-state index is 13.0. The van der Waals surface area contributed by atoms with Crippen LogP contribution in [0.5, 0.6) is 0 Å². The molecule has 3 N–H and O–H groups in total. The summed E-state index contributed by atoms with van der Waals surface area (Å²) in [7, 11) is 1.35. The van der Waals surface area contributed by atoms with Gasteiger partial charge < -0.3 is 24.4 Å². The third kappa shape index (κ3) is 3.27. The highest BCUT2D eigenvalue weighted by molar-refractivity contribution is 7.99. The Morgan fingerprint density at radius 2 is 2.09 bits per heavy atom. The molecule has 0 saturated heterocycles. The van der Waals surface area contributed by atoms with Gasteiger partial charge >= 0.3 is 5.97 Å². The van der Waals surface area contributed by atoms with E-state index in [4.69, 9.17) is 9.15 Å². The van der Waals surface area contributed by atoms with E-state index in [9.17, 15) is 9.59 Å². The number of ketones is 1. The fourth-order valence-corrected chi connectivity index (χ4v) is 5.38. The molecular formula is C24H20N4O4S. The van der Waals surface area contributed by atoms with Crippen LogP contribution in [0.15, 0.2) is 68.5 Å². The highest BCUT2D eigenvalue weighted by Crippen LogP contribution is 2.47. The second kappa shape index (κ2) is 7.70. The Hall–Kier alpha value is -3.72. The van der Waals surface area contributed by atoms with E-state index >= 15 is 0 Å². The summed E-state index contributed by atoms with van der Waals surface area (Å²) in [6.07, 6.45) is 3.77. The number of Topliss-reactive ketones (excluding diaryl/α,β-unsaturated/α-hetero) is 1. The van der Waals surface area contributed by atoms with Gasteiger partial charge in [0.1, 0.15) is 11.5 Å². The molecule has 0 bridgehead atoms. The minimum Gasteiger partial charge on any atom is -0.464 e. The average molecular weight is 461 g/mol. The molecule has 6 rings (SSSR count). The molecule has 2 aliphatic rings. The summed E-state index contributed by atoms with van der Waals surface area (Å²) in [4.78, 5) is 36.1. The van der Waals surface area contributed by atoms with E-state index in [1.54, 1.807) is 6.20 Å². The number of allylic oxidation sites excluding steroid dienone is 2. The Morgan fingerprint density at radius 1 is 1.21 bits per heavy atom. The summed E-state index contributed by atoms with van der Waals surface area (Å²) >= 11 is 1.39. The molecule has 3 aromatic heterocycles. The summed E-state index contributed by atoms with van der Waals surface area (Å²) < 4.78 is 11.2. The van der Waals surface area contributed by atoms with Gasteiger partial charge in [0.2, 0.25) is 0 Å². The lowest BCUT2D eigenvalue weighted by Crippen LogP contribution is -2.26. The minimum absolute atomic E-state index is 0.100. The molecule has 166 valence electrons. The Labute approximate surface area is 192 Å². The highest BCUT2D eigenvalue weighted by atomic mass is 32.2. The summed E-state index contributed by atoms with van der Waals surface area (Å²) in [5, 5.41) is 4.71. The Kier molecular flexibility index (Phi) is 4.65. The van der Waals surface area contributed by atoms with Crippen molar-refractivity contribution in [1.82, 2.24) is 15.0 Å². The first-order valence-electron chi connectivity index (χ1n) is 10.7. The van der Waals surface area contributed by atoms with E-state index in [1.807, 2.05) is 36.4 Å². The number of methoxy groups -OCH3 is 1. The van der Waals surface area contributed by atoms with Crippen molar-refractivity contribution in [3.8, 4) is 0 Å². The number of ether oxygens (including phenoxy) is 1. The van der Waals surface area contributed by atoms with Gasteiger partial charge in [-0.15, -0.1) is 0 Å². The number of hydrogen-bond donors (Lipinski definition) is 3. The zero-order chi connectivity index (χ0) is 22.5. The number of para-hydroxylation sites is 2. The van der Waals surface area contributed by atoms with Gasteiger partial charge in [-0.1, -0.05) is 12.1 Å². The number of aromatic amines is 2. The zero-order valence-corrected chi connectivity index (χ0v) is 18.5. The normalized spacial score (nSPS) is 17.6. The molecule has 0 spiro atoms. The molecule has 9 heteroatoms. The molecule has 8 nitrogen and oxygen atoms in total. The predicted molar refractivity (Wildman–Crippen MR) is 122 cm³/mol. The standard InChI is InChI=1S/C24H20N4O4S/c1-31-23(30)22-21-12(11-25-22)19(20-15(26-21)7-4-8-16(20)29)17-9-10-18(32-17)33-24-27-13-5-2-3-6-14(13)28-24/h2-3,5-6,9-11,19,25-26H,4,7-8H2,1H3,(H,27,28). The monoisotopic (exact) mass is 460 g/mol. The first kappa shape index (κ1) is 19.9. The van der Waals surface area contributed by atoms with Crippen molar-refractivity contribution >= 4 is 40.2 Å². The maximum Gasteiger partial charge on any atom is 0.356 e. The van der Waals surface area contributed by atoms with Crippen molar-refractivity contribution in [2.75, 3.05) is 12.4 Å². The van der Waals surface area contributed by atoms with Crippen LogP contribution < -0.4 is 5.32 Å². The molecule has 1 aliphatic heterocycles. The van der Waals surface area contributed by atoms with E-state index < -0.39 is 11.9 Å². The van der Waals surface area contributed by atoms with Crippen LogP contribution in [0.3, 0.4) is 0 Å². The summed E-state index contributed by atoms with van der Waals surface area (Å²) in [6, 6.07) is 11.6. The number of rotatable bonds is 4. The van der Waals surface area contributed by atoms with Gasteiger partial charge in [0.25, 0.3) is 0 Å². The molecule has 1 atom stereocenters. The number of H-pyrrole nitrogens is 2. The van der Waals surface area contributed by atoms with Crippen LogP contribution in [0.1, 0.15) is 47.0 Å². The van der Waals surface area contributed by atoms with Gasteiger partial charge in [-0.05, 0) is 48.9 Å². The second-order valence-corrected chi connectivity index (χ2v) is 9.02. The molecule has 0 radical (unpaired) electrons. The number of furan rings is 1. The molecule has 4 heterocycles. The third-order valence-electron chi connectivity index (χ3n) is 6.08. The molecule has 4 aromatic rings. The van der Waals surface area contributed by atoms with Crippen LogP contribution in [0.4, 0.5) is 5.69 Å². The SMILES string of the molecule is COC(=O)c1[nH]cc2c1NC1=C(C(=O)CCC1)C2c1ccc(Sc2nc3ccccc3[nH]2)o1. The van der Waals surface area contributed by atoms with Gasteiger partial charge in [0.15, 0.2) is 16.0 Å². The second-order valence-electron chi connectivity index (χ2n) is 8.03. The number of nitrogens with one attached hydrogen (secondary N) is 3. The maximum atomic E-state index is 13.0. The molecular weight excluding hydrogens is 440 g/mol. The number of hydrogen-bond acceptors (Lipinski definition) is 7. The van der Waals surface area contributed by atoms with Crippen molar-refractivity contribution in [2.45, 2.75) is 35.4 Å². The summed E-state index contributed by atoms with van der Waals surface area (Å²) in [5.41, 5.74) is 5.17. The van der Waals surface area contributed by atoms with Crippen molar-refractivity contribution in [3.63, 3.8) is 0 Å². The zero-order valence-electron chi connectivity index (χ0n) is 17.7. The molecule has 1 aromatic carbocycles. The number of carbonyl (C=O) groups excluding carboxylic acids is 2. The van der Waals surface area contributed by atoms with Gasteiger partial charge in [0, 0.05) is 29.5 Å². The van der Waals surface area contributed by atoms with E-state index in [1.165, 1.54) is 18.9 Å². The van der Waals surface area contributed by atoms with Crippen LogP contribution in [-0.4, -0.2) is 33.8 Å². The average Bonchev–Trinajstić information content (AvgIpc) is 3.55. The van der Waals surface area contributed by atoms with Crippen molar-refractivity contribution < 1.29 is 18.7 Å². The summed E-state index contributed by atoms with van der Waals surface area (Å²) in [5.74, 6) is -0.115. The van der Waals surface area contributed by atoms with Gasteiger partial charge in [0.05, 0.1) is 29.7 Å². The van der Waals surface area contributed by atoms with Crippen LogP contribution in [0.2, 0.25) is 0 Å². The minimum atomic E-state index is -0.464. The number of benzene rings is 1. The lowest BCUT2D eigenvalue weighted by Gasteiger charge is -2.31. The van der Waals surface area contributed by atoms with Crippen molar-refractivity contribution in [1.29, 1.82) is 0 Å². The molecule has 33 heavy (non-hydrogen) atoms. The van der Waals surface area contributed by atoms with E-state index in [-0.39, 0.29) is 5.78 Å². The Balaban J connectivity index is 1.39. The molecule has 0 fully saturated rings. The Bertz CT molecular complexity index is 1410. The molecule has 1 unspecified atom stereocenters. The fraction of sp³-hybridized carbons (Fsp3) is 0.208. The topological polar surface area (TPSA) is 113 Å². The largest absolute Gasteiger partial charge is 0.464 e. The number of imidazole rings is 1. The number of nitrogens with zero attached hydrogens (tertiary/aromatic N) is 1.